The molecular formula is C7H12NO3P. The van der Waals surface area contributed by atoms with E-state index in [4.69, 9.17) is 4.89 Å². The molecule has 5 heteroatoms. The van der Waals surface area contributed by atoms with E-state index in [1.807, 2.05) is 18.5 Å². The summed E-state index contributed by atoms with van der Waals surface area (Å²) in [6.45, 7) is 2.80. The fraction of sp³-hybridized carbons (Fsp3) is 0.286. The van der Waals surface area contributed by atoms with Gasteiger partial charge < -0.3 is 14.4 Å². The molecule has 0 aliphatic heterocycles. The molecule has 0 fully saturated rings. The number of H-pyrrole nitrogens is 1. The van der Waals surface area contributed by atoms with Crippen molar-refractivity contribution in [3.63, 3.8) is 0 Å². The lowest BCUT2D eigenvalue weighted by atomic mass is 10.3. The van der Waals surface area contributed by atoms with E-state index in [1.165, 1.54) is 5.56 Å². The van der Waals surface area contributed by atoms with Crippen molar-refractivity contribution >= 4 is 7.60 Å². The van der Waals surface area contributed by atoms with Gasteiger partial charge in [0, 0.05) is 18.3 Å². The molecule has 1 unspecified atom stereocenters. The molecular weight excluding hydrogens is 177 g/mol. The molecule has 0 bridgehead atoms. The number of nitrogens with one attached hydrogen (secondary N) is 1. The molecule has 0 radical (unpaired) electrons. The van der Waals surface area contributed by atoms with Crippen LogP contribution in [0.5, 0.6) is 0 Å². The molecule has 4 nitrogen and oxygen atoms in total. The number of aromatic nitrogens is 1. The Kier molecular flexibility index (Phi) is 4.74. The van der Waals surface area contributed by atoms with Gasteiger partial charge in [-0.25, -0.2) is 4.98 Å². The summed E-state index contributed by atoms with van der Waals surface area (Å²) in [4.78, 5) is 19.7. The highest BCUT2D eigenvalue weighted by Gasteiger charge is 1.79. The van der Waals surface area contributed by atoms with Crippen molar-refractivity contribution in [2.45, 2.75) is 6.92 Å². The first-order valence-electron chi connectivity index (χ1n) is 3.33. The minimum absolute atomic E-state index is 0.743. The summed E-state index contributed by atoms with van der Waals surface area (Å²) in [5.74, 6) is 0. The summed E-state index contributed by atoms with van der Waals surface area (Å²) in [7, 11) is -3.89. The van der Waals surface area contributed by atoms with Crippen molar-refractivity contribution in [2.24, 2.45) is 0 Å². The summed E-state index contributed by atoms with van der Waals surface area (Å²) in [6.07, 6.45) is 3.85. The average Bonchev–Trinajstić information content (AvgIpc) is 1.85. The van der Waals surface area contributed by atoms with Gasteiger partial charge in [-0.05, 0) is 13.0 Å². The highest BCUT2D eigenvalue weighted by molar-refractivity contribution is 7.49. The summed E-state index contributed by atoms with van der Waals surface area (Å²) < 4.78 is 9.22. The Hall–Kier alpha value is -0.700. The quantitative estimate of drug-likeness (QED) is 0.582. The molecule has 0 saturated heterocycles. The van der Waals surface area contributed by atoms with Gasteiger partial charge in [-0.1, -0.05) is 0 Å². The van der Waals surface area contributed by atoms with Gasteiger partial charge in [-0.2, -0.15) is 0 Å². The maximum Gasteiger partial charge on any atom is 0.169 e. The van der Waals surface area contributed by atoms with E-state index >= 15 is 0 Å². The molecule has 68 valence electrons. The normalized spacial score (nSPS) is 14.0. The molecule has 2 N–H and O–H groups in total. The van der Waals surface area contributed by atoms with Gasteiger partial charge in [0.2, 0.25) is 0 Å². The summed E-state index contributed by atoms with van der Waals surface area (Å²) in [5.41, 5.74) is 1.27. The number of aromatic amines is 1. The Balaban J connectivity index is 0.000000217. The fourth-order valence-corrected chi connectivity index (χ4v) is 0.483. The standard InChI is InChI=1S/C6H7N.CH5O3P/c1-6-3-2-4-7-5-6;1-5(2,3)4/h2-5H,1H3;1H3,(H2,2,3,4). The van der Waals surface area contributed by atoms with E-state index in [0.717, 1.165) is 6.66 Å². The van der Waals surface area contributed by atoms with Gasteiger partial charge in [0.25, 0.3) is 0 Å². The van der Waals surface area contributed by atoms with Gasteiger partial charge >= 0.3 is 0 Å². The first kappa shape index (κ1) is 11.3. The van der Waals surface area contributed by atoms with Crippen LogP contribution in [0.2, 0.25) is 0 Å². The van der Waals surface area contributed by atoms with E-state index in [1.54, 1.807) is 0 Å². The van der Waals surface area contributed by atoms with E-state index < -0.39 is 7.60 Å². The second-order valence-electron chi connectivity index (χ2n) is 2.38. The zero-order valence-corrected chi connectivity index (χ0v) is 7.91. The zero-order valence-electron chi connectivity index (χ0n) is 7.02. The second-order valence-corrected chi connectivity index (χ2v) is 3.99. The first-order chi connectivity index (χ1) is 5.39. The maximum absolute atomic E-state index is 9.22. The highest BCUT2D eigenvalue weighted by atomic mass is 31.2. The Bertz CT molecular complexity index is 248. The number of hydrogen-bond donors (Lipinski definition) is 1. The lowest BCUT2D eigenvalue weighted by Crippen LogP contribution is -1.97. The lowest BCUT2D eigenvalue weighted by molar-refractivity contribution is -0.378. The maximum atomic E-state index is 9.22. The van der Waals surface area contributed by atoms with Gasteiger partial charge in [0.05, 0.1) is 0 Å². The van der Waals surface area contributed by atoms with Gasteiger partial charge in [0.15, 0.2) is 12.4 Å². The van der Waals surface area contributed by atoms with Gasteiger partial charge in [-0.15, -0.1) is 0 Å². The molecule has 0 saturated carbocycles. The Morgan fingerprint density at radius 3 is 2.33 bits per heavy atom. The van der Waals surface area contributed by atoms with Crippen LogP contribution in [0.25, 0.3) is 0 Å². The van der Waals surface area contributed by atoms with Crippen LogP contribution in [-0.4, -0.2) is 11.6 Å². The van der Waals surface area contributed by atoms with Crippen molar-refractivity contribution in [1.29, 1.82) is 0 Å². The Morgan fingerprint density at radius 2 is 2.17 bits per heavy atom. The van der Waals surface area contributed by atoms with Crippen LogP contribution in [-0.2, 0) is 4.57 Å². The van der Waals surface area contributed by atoms with Crippen molar-refractivity contribution in [1.82, 2.24) is 0 Å². The molecule has 0 aliphatic rings. The summed E-state index contributed by atoms with van der Waals surface area (Å²) >= 11 is 0. The van der Waals surface area contributed by atoms with Gasteiger partial charge in [-0.3, -0.25) is 0 Å². The largest absolute Gasteiger partial charge is 0.779 e. The number of hydrogen-bond acceptors (Lipinski definition) is 2. The second kappa shape index (κ2) is 5.04. The Morgan fingerprint density at radius 1 is 1.67 bits per heavy atom. The number of pyridine rings is 1. The molecule has 1 heterocycles. The summed E-state index contributed by atoms with van der Waals surface area (Å²) in [5, 5.41) is 0. The third-order valence-electron chi connectivity index (χ3n) is 0.863. The molecule has 0 amide bonds. The Labute approximate surface area is 71.4 Å². The van der Waals surface area contributed by atoms with E-state index in [2.05, 4.69) is 18.0 Å². The number of rotatable bonds is 0. The number of aryl methyl sites for hydroxylation is 1. The smallest absolute Gasteiger partial charge is 0.169 e. The molecule has 0 aromatic carbocycles. The van der Waals surface area contributed by atoms with Crippen molar-refractivity contribution in [3.05, 3.63) is 30.1 Å². The van der Waals surface area contributed by atoms with Gasteiger partial charge in [0.1, 0.15) is 7.60 Å². The van der Waals surface area contributed by atoms with E-state index in [-0.39, 0.29) is 0 Å². The van der Waals surface area contributed by atoms with Crippen LogP contribution >= 0.6 is 7.60 Å². The molecule has 1 atom stereocenters. The summed E-state index contributed by atoms with van der Waals surface area (Å²) in [6, 6.07) is 4.03. The van der Waals surface area contributed by atoms with Crippen LogP contribution < -0.4 is 9.88 Å². The van der Waals surface area contributed by atoms with Crippen molar-refractivity contribution < 1.29 is 19.3 Å². The molecule has 1 aromatic heterocycles. The topological polar surface area (TPSA) is 74.5 Å². The predicted molar refractivity (Wildman–Crippen MR) is 43.5 cm³/mol. The lowest BCUT2D eigenvalue weighted by Gasteiger charge is -2.04. The molecule has 0 aliphatic carbocycles. The van der Waals surface area contributed by atoms with E-state index in [9.17, 15) is 9.46 Å². The van der Waals surface area contributed by atoms with Crippen LogP contribution in [0, 0.1) is 6.92 Å². The molecule has 12 heavy (non-hydrogen) atoms. The molecule has 1 aromatic rings. The first-order valence-corrected chi connectivity index (χ1v) is 5.36. The predicted octanol–water partition coefficient (Wildman–Crippen LogP) is -0.0290. The minimum atomic E-state index is -3.89. The van der Waals surface area contributed by atoms with Crippen LogP contribution in [0.4, 0.5) is 0 Å². The zero-order chi connectivity index (χ0) is 9.61. The van der Waals surface area contributed by atoms with Crippen LogP contribution in [0.15, 0.2) is 24.5 Å². The highest BCUT2D eigenvalue weighted by Crippen LogP contribution is 2.19. The monoisotopic (exact) mass is 189 g/mol. The third kappa shape index (κ3) is 12.0. The van der Waals surface area contributed by atoms with Crippen LogP contribution in [0.1, 0.15) is 5.56 Å². The van der Waals surface area contributed by atoms with E-state index in [0.29, 0.717) is 0 Å². The SMILES string of the molecule is CP(=O)([O-])O.Cc1ccc[nH+]c1. The average molecular weight is 189 g/mol. The van der Waals surface area contributed by atoms with Crippen molar-refractivity contribution in [3.8, 4) is 0 Å². The van der Waals surface area contributed by atoms with Crippen molar-refractivity contribution in [2.75, 3.05) is 6.66 Å². The third-order valence-corrected chi connectivity index (χ3v) is 0.863. The fourth-order valence-electron chi connectivity index (χ4n) is 0.483. The minimum Gasteiger partial charge on any atom is -0.779 e. The molecule has 0 spiro atoms. The molecule has 1 rings (SSSR count). The van der Waals surface area contributed by atoms with Crippen LogP contribution in [0.3, 0.4) is 0 Å².